The van der Waals surface area contributed by atoms with E-state index in [0.717, 1.165) is 21.8 Å². The summed E-state index contributed by atoms with van der Waals surface area (Å²) in [5.41, 5.74) is 0.934. The molecule has 0 aliphatic rings. The van der Waals surface area contributed by atoms with Crippen LogP contribution in [0.25, 0.3) is 10.4 Å². The van der Waals surface area contributed by atoms with Crippen LogP contribution in [0.5, 0.6) is 0 Å². The second-order valence-corrected chi connectivity index (χ2v) is 4.79. The number of thiophene rings is 1. The number of benzene rings is 1. The Balaban J connectivity index is 2.28. The predicted molar refractivity (Wildman–Crippen MR) is 65.4 cm³/mol. The zero-order valence-corrected chi connectivity index (χ0v) is 9.88. The monoisotopic (exact) mass is 254 g/mol. The molecule has 17 heavy (non-hydrogen) atoms. The van der Waals surface area contributed by atoms with Crippen LogP contribution in [-0.4, -0.2) is 11.7 Å². The average Bonchev–Trinajstić information content (AvgIpc) is 2.80. The van der Waals surface area contributed by atoms with Crippen molar-refractivity contribution in [3.63, 3.8) is 0 Å². The number of hydrogen-bond acceptors (Lipinski definition) is 2. The van der Waals surface area contributed by atoms with Gasteiger partial charge in [0.05, 0.1) is 4.88 Å². The maximum atomic E-state index is 13.5. The molecular formula is C13H12F2OS. The van der Waals surface area contributed by atoms with Crippen LogP contribution in [0.3, 0.4) is 0 Å². The summed E-state index contributed by atoms with van der Waals surface area (Å²) in [4.78, 5) is 0.823. The van der Waals surface area contributed by atoms with E-state index in [-0.39, 0.29) is 4.88 Å². The maximum absolute atomic E-state index is 13.5. The highest BCUT2D eigenvalue weighted by atomic mass is 32.1. The molecule has 2 aromatic rings. The first-order valence-corrected chi connectivity index (χ1v) is 6.09. The Bertz CT molecular complexity index is 479. The number of aliphatic hydroxyl groups excluding tert-OH is 1. The fourth-order valence-electron chi connectivity index (χ4n) is 1.56. The van der Waals surface area contributed by atoms with Gasteiger partial charge in [-0.1, -0.05) is 30.3 Å². The Morgan fingerprint density at radius 2 is 1.76 bits per heavy atom. The Morgan fingerprint density at radius 1 is 1.06 bits per heavy atom. The van der Waals surface area contributed by atoms with E-state index >= 15 is 0 Å². The van der Waals surface area contributed by atoms with Gasteiger partial charge >= 0.3 is 0 Å². The third-order valence-corrected chi connectivity index (χ3v) is 3.70. The number of halogens is 2. The standard InChI is InChI=1S/C13H12F2OS/c14-13(15,8-9-16)12-7-6-11(17-12)10-4-2-1-3-5-10/h1-7,16H,8-9H2. The lowest BCUT2D eigenvalue weighted by Crippen LogP contribution is -2.13. The molecule has 0 bridgehead atoms. The first kappa shape index (κ1) is 12.2. The van der Waals surface area contributed by atoms with Crippen LogP contribution in [-0.2, 0) is 5.92 Å². The molecule has 2 rings (SSSR count). The SMILES string of the molecule is OCCC(F)(F)c1ccc(-c2ccccc2)s1. The minimum atomic E-state index is -2.94. The van der Waals surface area contributed by atoms with Crippen molar-refractivity contribution in [3.05, 3.63) is 47.3 Å². The highest BCUT2D eigenvalue weighted by molar-refractivity contribution is 7.15. The summed E-state index contributed by atoms with van der Waals surface area (Å²) in [6.07, 6.45) is -0.526. The summed E-state index contributed by atoms with van der Waals surface area (Å²) in [5.74, 6) is -2.94. The van der Waals surface area contributed by atoms with E-state index in [1.54, 1.807) is 6.07 Å². The van der Waals surface area contributed by atoms with E-state index in [9.17, 15) is 8.78 Å². The van der Waals surface area contributed by atoms with Gasteiger partial charge in [0.2, 0.25) is 0 Å². The van der Waals surface area contributed by atoms with E-state index in [2.05, 4.69) is 0 Å². The molecular weight excluding hydrogens is 242 g/mol. The largest absolute Gasteiger partial charge is 0.396 e. The summed E-state index contributed by atoms with van der Waals surface area (Å²) in [6, 6.07) is 12.5. The van der Waals surface area contributed by atoms with Crippen molar-refractivity contribution < 1.29 is 13.9 Å². The summed E-state index contributed by atoms with van der Waals surface area (Å²) in [5, 5.41) is 8.61. The predicted octanol–water partition coefficient (Wildman–Crippen LogP) is 3.89. The van der Waals surface area contributed by atoms with E-state index in [0.29, 0.717) is 0 Å². The molecule has 1 aromatic carbocycles. The Kier molecular flexibility index (Phi) is 3.54. The van der Waals surface area contributed by atoms with Gasteiger partial charge < -0.3 is 5.11 Å². The van der Waals surface area contributed by atoms with Crippen molar-refractivity contribution in [1.29, 1.82) is 0 Å². The molecule has 1 heterocycles. The smallest absolute Gasteiger partial charge is 0.284 e. The van der Waals surface area contributed by atoms with Crippen molar-refractivity contribution in [1.82, 2.24) is 0 Å². The number of hydrogen-bond donors (Lipinski definition) is 1. The lowest BCUT2D eigenvalue weighted by Gasteiger charge is -2.12. The molecule has 0 saturated heterocycles. The molecule has 90 valence electrons. The van der Waals surface area contributed by atoms with E-state index in [1.807, 2.05) is 30.3 Å². The van der Waals surface area contributed by atoms with Gasteiger partial charge in [-0.05, 0) is 17.7 Å². The lowest BCUT2D eigenvalue weighted by molar-refractivity contribution is -0.0234. The molecule has 0 radical (unpaired) electrons. The molecule has 0 fully saturated rings. The molecule has 0 saturated carbocycles. The maximum Gasteiger partial charge on any atom is 0.284 e. The molecule has 0 aliphatic heterocycles. The van der Waals surface area contributed by atoms with Gasteiger partial charge in [0.25, 0.3) is 5.92 Å². The molecule has 0 unspecified atom stereocenters. The summed E-state index contributed by atoms with van der Waals surface area (Å²) >= 11 is 1.07. The van der Waals surface area contributed by atoms with Crippen LogP contribution < -0.4 is 0 Å². The van der Waals surface area contributed by atoms with Gasteiger partial charge in [0.1, 0.15) is 0 Å². The van der Waals surface area contributed by atoms with Crippen molar-refractivity contribution in [2.24, 2.45) is 0 Å². The Morgan fingerprint density at radius 3 is 2.41 bits per heavy atom. The van der Waals surface area contributed by atoms with Gasteiger partial charge in [-0.15, -0.1) is 11.3 Å². The normalized spacial score (nSPS) is 11.7. The van der Waals surface area contributed by atoms with Crippen LogP contribution in [0.4, 0.5) is 8.78 Å². The van der Waals surface area contributed by atoms with Gasteiger partial charge in [-0.3, -0.25) is 0 Å². The molecule has 0 aliphatic carbocycles. The van der Waals surface area contributed by atoms with Crippen molar-refractivity contribution in [3.8, 4) is 10.4 Å². The quantitative estimate of drug-likeness (QED) is 0.877. The van der Waals surface area contributed by atoms with E-state index in [1.165, 1.54) is 6.07 Å². The first-order chi connectivity index (χ1) is 8.13. The minimum Gasteiger partial charge on any atom is -0.396 e. The fourth-order valence-corrected chi connectivity index (χ4v) is 2.57. The van der Waals surface area contributed by atoms with E-state index in [4.69, 9.17) is 5.11 Å². The number of aliphatic hydroxyl groups is 1. The van der Waals surface area contributed by atoms with Crippen LogP contribution in [0.2, 0.25) is 0 Å². The fraction of sp³-hybridized carbons (Fsp3) is 0.231. The zero-order chi connectivity index (χ0) is 12.3. The molecule has 0 spiro atoms. The third-order valence-electron chi connectivity index (χ3n) is 2.45. The molecule has 4 heteroatoms. The van der Waals surface area contributed by atoms with Gasteiger partial charge in [0.15, 0.2) is 0 Å². The number of rotatable bonds is 4. The number of alkyl halides is 2. The van der Waals surface area contributed by atoms with Crippen molar-refractivity contribution in [2.45, 2.75) is 12.3 Å². The highest BCUT2D eigenvalue weighted by Gasteiger charge is 2.32. The van der Waals surface area contributed by atoms with Gasteiger partial charge in [-0.25, -0.2) is 8.78 Å². The Labute approximate surface area is 102 Å². The van der Waals surface area contributed by atoms with Gasteiger partial charge in [0, 0.05) is 17.9 Å². The topological polar surface area (TPSA) is 20.2 Å². The summed E-state index contributed by atoms with van der Waals surface area (Å²) in [7, 11) is 0. The van der Waals surface area contributed by atoms with E-state index < -0.39 is 19.0 Å². The second-order valence-electron chi connectivity index (χ2n) is 3.71. The molecule has 0 amide bonds. The second kappa shape index (κ2) is 4.94. The van der Waals surface area contributed by atoms with Crippen molar-refractivity contribution in [2.75, 3.05) is 6.61 Å². The molecule has 1 aromatic heterocycles. The zero-order valence-electron chi connectivity index (χ0n) is 9.07. The highest BCUT2D eigenvalue weighted by Crippen LogP contribution is 2.39. The van der Waals surface area contributed by atoms with Crippen LogP contribution in [0.15, 0.2) is 42.5 Å². The summed E-state index contributed by atoms with van der Waals surface area (Å²) < 4.78 is 27.1. The summed E-state index contributed by atoms with van der Waals surface area (Å²) in [6.45, 7) is -0.508. The van der Waals surface area contributed by atoms with Gasteiger partial charge in [-0.2, -0.15) is 0 Å². The Hall–Kier alpha value is -1.26. The third kappa shape index (κ3) is 2.70. The molecule has 1 nitrogen and oxygen atoms in total. The van der Waals surface area contributed by atoms with Crippen LogP contribution >= 0.6 is 11.3 Å². The van der Waals surface area contributed by atoms with Crippen LogP contribution in [0.1, 0.15) is 11.3 Å². The van der Waals surface area contributed by atoms with Crippen LogP contribution in [0, 0.1) is 0 Å². The lowest BCUT2D eigenvalue weighted by atomic mass is 10.2. The molecule has 1 N–H and O–H groups in total. The minimum absolute atomic E-state index is 0.00500. The van der Waals surface area contributed by atoms with Crippen molar-refractivity contribution >= 4 is 11.3 Å². The average molecular weight is 254 g/mol. The first-order valence-electron chi connectivity index (χ1n) is 5.28. The molecule has 0 atom stereocenters.